The zero-order valence-electron chi connectivity index (χ0n) is 19.8. The molecule has 0 radical (unpaired) electrons. The molecular formula is C25H36N4O3S. The van der Waals surface area contributed by atoms with Gasteiger partial charge in [0, 0.05) is 37.3 Å². The summed E-state index contributed by atoms with van der Waals surface area (Å²) in [6.07, 6.45) is 5.30. The van der Waals surface area contributed by atoms with E-state index in [-0.39, 0.29) is 16.8 Å². The number of hydrogen-bond acceptors (Lipinski definition) is 5. The Morgan fingerprint density at radius 1 is 1.03 bits per heavy atom. The largest absolute Gasteiger partial charge is 0.342 e. The molecular weight excluding hydrogens is 436 g/mol. The summed E-state index contributed by atoms with van der Waals surface area (Å²) in [5.74, 6) is -0.0943. The van der Waals surface area contributed by atoms with Crippen LogP contribution in [0.5, 0.6) is 0 Å². The first kappa shape index (κ1) is 25.4. The molecule has 0 aliphatic carbocycles. The van der Waals surface area contributed by atoms with Gasteiger partial charge in [-0.3, -0.25) is 15.6 Å². The zero-order chi connectivity index (χ0) is 23.8. The van der Waals surface area contributed by atoms with Crippen molar-refractivity contribution in [1.82, 2.24) is 20.5 Å². The third-order valence-corrected chi connectivity index (χ3v) is 7.55. The molecule has 0 aromatic heterocycles. The number of nitrogens with zero attached hydrogens (tertiary/aromatic N) is 1. The Bertz CT molecular complexity index is 994. The number of carbonyl (C=O) groups is 1. The summed E-state index contributed by atoms with van der Waals surface area (Å²) in [6.45, 7) is 4.22. The van der Waals surface area contributed by atoms with Crippen LogP contribution in [0, 0.1) is 0 Å². The highest BCUT2D eigenvalue weighted by Crippen LogP contribution is 2.24. The number of unbranched alkanes of at least 4 members (excludes halogenated alkanes) is 2. The Morgan fingerprint density at radius 2 is 1.73 bits per heavy atom. The van der Waals surface area contributed by atoms with Gasteiger partial charge < -0.3 is 4.90 Å². The average molecular weight is 473 g/mol. The van der Waals surface area contributed by atoms with E-state index in [9.17, 15) is 13.2 Å². The van der Waals surface area contributed by atoms with Crippen molar-refractivity contribution in [2.24, 2.45) is 0 Å². The topological polar surface area (TPSA) is 90.5 Å². The molecule has 0 saturated carbocycles. The molecule has 2 unspecified atom stereocenters. The van der Waals surface area contributed by atoms with Crippen LogP contribution >= 0.6 is 0 Å². The second-order valence-electron chi connectivity index (χ2n) is 9.06. The SMILES string of the molecule is CC(C)NS(=O)(=O)c1ccc(C(=O)N(C)CCCCCC2CC(c3ccccc3)NN2)cc1. The molecule has 33 heavy (non-hydrogen) atoms. The summed E-state index contributed by atoms with van der Waals surface area (Å²) in [4.78, 5) is 14.5. The van der Waals surface area contributed by atoms with E-state index in [1.807, 2.05) is 6.07 Å². The van der Waals surface area contributed by atoms with E-state index in [0.717, 1.165) is 32.1 Å². The molecule has 1 amide bonds. The van der Waals surface area contributed by atoms with Gasteiger partial charge in [-0.1, -0.05) is 43.2 Å². The summed E-state index contributed by atoms with van der Waals surface area (Å²) in [6, 6.07) is 17.3. The minimum atomic E-state index is -3.55. The van der Waals surface area contributed by atoms with Gasteiger partial charge in [-0.15, -0.1) is 0 Å². The molecule has 1 fully saturated rings. The molecule has 7 nitrogen and oxygen atoms in total. The van der Waals surface area contributed by atoms with Crippen LogP contribution < -0.4 is 15.6 Å². The summed E-state index contributed by atoms with van der Waals surface area (Å²) < 4.78 is 27.0. The fourth-order valence-electron chi connectivity index (χ4n) is 4.11. The van der Waals surface area contributed by atoms with Crippen molar-refractivity contribution < 1.29 is 13.2 Å². The standard InChI is InChI=1S/C25H36N4O3S/c1-19(2)28-33(31,32)23-15-13-21(14-16-23)25(30)29(3)17-9-5-8-12-22-18-24(27-26-22)20-10-6-4-7-11-20/h4,6-7,10-11,13-16,19,22,24,26-28H,5,8-9,12,17-18H2,1-3H3. The second-order valence-corrected chi connectivity index (χ2v) is 10.8. The quantitative estimate of drug-likeness (QED) is 0.435. The third-order valence-electron chi connectivity index (χ3n) is 5.88. The zero-order valence-corrected chi connectivity index (χ0v) is 20.6. The fourth-order valence-corrected chi connectivity index (χ4v) is 5.36. The average Bonchev–Trinajstić information content (AvgIpc) is 3.27. The van der Waals surface area contributed by atoms with E-state index in [2.05, 4.69) is 39.8 Å². The molecule has 8 heteroatoms. The highest BCUT2D eigenvalue weighted by molar-refractivity contribution is 7.89. The highest BCUT2D eigenvalue weighted by Gasteiger charge is 2.24. The monoisotopic (exact) mass is 472 g/mol. The minimum Gasteiger partial charge on any atom is -0.342 e. The van der Waals surface area contributed by atoms with Crippen molar-refractivity contribution in [2.45, 2.75) is 69.0 Å². The lowest BCUT2D eigenvalue weighted by molar-refractivity contribution is 0.0792. The molecule has 180 valence electrons. The first-order valence-electron chi connectivity index (χ1n) is 11.7. The van der Waals surface area contributed by atoms with Gasteiger partial charge in [0.25, 0.3) is 5.91 Å². The lowest BCUT2D eigenvalue weighted by Gasteiger charge is -2.18. The molecule has 2 aromatic rings. The van der Waals surface area contributed by atoms with Gasteiger partial charge in [-0.25, -0.2) is 13.1 Å². The van der Waals surface area contributed by atoms with E-state index in [1.165, 1.54) is 17.7 Å². The predicted molar refractivity (Wildman–Crippen MR) is 131 cm³/mol. The number of hydrogen-bond donors (Lipinski definition) is 3. The molecule has 1 aliphatic rings. The third kappa shape index (κ3) is 7.37. The summed E-state index contributed by atoms with van der Waals surface area (Å²) in [5, 5.41) is 0. The van der Waals surface area contributed by atoms with E-state index >= 15 is 0 Å². The Hall–Kier alpha value is -2.26. The number of sulfonamides is 1. The number of benzene rings is 2. The molecule has 1 aliphatic heterocycles. The first-order valence-corrected chi connectivity index (χ1v) is 13.2. The van der Waals surface area contributed by atoms with Gasteiger partial charge in [-0.05, 0) is 62.9 Å². The van der Waals surface area contributed by atoms with Gasteiger partial charge in [-0.2, -0.15) is 0 Å². The molecule has 3 rings (SSSR count). The maximum absolute atomic E-state index is 12.7. The Morgan fingerprint density at radius 3 is 2.39 bits per heavy atom. The number of hydrazine groups is 1. The van der Waals surface area contributed by atoms with Gasteiger partial charge in [0.05, 0.1) is 4.90 Å². The van der Waals surface area contributed by atoms with Crippen LogP contribution in [-0.2, 0) is 10.0 Å². The van der Waals surface area contributed by atoms with E-state index in [1.54, 1.807) is 37.9 Å². The van der Waals surface area contributed by atoms with E-state index in [0.29, 0.717) is 24.2 Å². The smallest absolute Gasteiger partial charge is 0.253 e. The van der Waals surface area contributed by atoms with Gasteiger partial charge in [0.15, 0.2) is 0 Å². The summed E-state index contributed by atoms with van der Waals surface area (Å²) >= 11 is 0. The second kappa shape index (κ2) is 11.7. The van der Waals surface area contributed by atoms with Crippen LogP contribution in [0.2, 0.25) is 0 Å². The first-order chi connectivity index (χ1) is 15.8. The molecule has 2 atom stereocenters. The molecule has 1 saturated heterocycles. The normalized spacial score (nSPS) is 18.5. The number of nitrogens with one attached hydrogen (secondary N) is 3. The minimum absolute atomic E-state index is 0.0943. The van der Waals surface area contributed by atoms with Crippen molar-refractivity contribution in [3.8, 4) is 0 Å². The summed E-state index contributed by atoms with van der Waals surface area (Å²) in [5.41, 5.74) is 8.61. The summed E-state index contributed by atoms with van der Waals surface area (Å²) in [7, 11) is -1.76. The Labute approximate surface area is 198 Å². The van der Waals surface area contributed by atoms with Crippen LogP contribution in [0.4, 0.5) is 0 Å². The highest BCUT2D eigenvalue weighted by atomic mass is 32.2. The van der Waals surface area contributed by atoms with Crippen LogP contribution in [0.1, 0.15) is 67.9 Å². The van der Waals surface area contributed by atoms with Crippen molar-refractivity contribution in [3.05, 3.63) is 65.7 Å². The Kier molecular flexibility index (Phi) is 9.02. The maximum Gasteiger partial charge on any atom is 0.253 e. The van der Waals surface area contributed by atoms with E-state index < -0.39 is 10.0 Å². The predicted octanol–water partition coefficient (Wildman–Crippen LogP) is 3.61. The van der Waals surface area contributed by atoms with Gasteiger partial charge >= 0.3 is 0 Å². The van der Waals surface area contributed by atoms with Crippen molar-refractivity contribution >= 4 is 15.9 Å². The molecule has 0 spiro atoms. The van der Waals surface area contributed by atoms with Gasteiger partial charge in [0.2, 0.25) is 10.0 Å². The van der Waals surface area contributed by atoms with Crippen LogP contribution in [0.25, 0.3) is 0 Å². The lowest BCUT2D eigenvalue weighted by atomic mass is 9.99. The van der Waals surface area contributed by atoms with Gasteiger partial charge in [0.1, 0.15) is 0 Å². The maximum atomic E-state index is 12.7. The van der Waals surface area contributed by atoms with Crippen LogP contribution in [0.15, 0.2) is 59.5 Å². The molecule has 2 aromatic carbocycles. The van der Waals surface area contributed by atoms with Crippen molar-refractivity contribution in [1.29, 1.82) is 0 Å². The number of rotatable bonds is 11. The van der Waals surface area contributed by atoms with Crippen molar-refractivity contribution in [3.63, 3.8) is 0 Å². The Balaban J connectivity index is 1.37. The van der Waals surface area contributed by atoms with Crippen LogP contribution in [0.3, 0.4) is 0 Å². The molecule has 3 N–H and O–H groups in total. The van der Waals surface area contributed by atoms with Crippen LogP contribution in [-0.4, -0.2) is 44.9 Å². The molecule has 1 heterocycles. The van der Waals surface area contributed by atoms with Crippen molar-refractivity contribution in [2.75, 3.05) is 13.6 Å². The number of carbonyl (C=O) groups excluding carboxylic acids is 1. The fraction of sp³-hybridized carbons (Fsp3) is 0.480. The lowest BCUT2D eigenvalue weighted by Crippen LogP contribution is -2.31. The van der Waals surface area contributed by atoms with E-state index in [4.69, 9.17) is 0 Å². The molecule has 0 bridgehead atoms. The number of amides is 1.